The van der Waals surface area contributed by atoms with E-state index in [1.165, 1.54) is 6.26 Å². The minimum atomic E-state index is -0.800. The molecule has 1 unspecified atom stereocenters. The Balaban J connectivity index is 2.59. The van der Waals surface area contributed by atoms with Crippen LogP contribution in [-0.4, -0.2) is 11.4 Å². The second-order valence-corrected chi connectivity index (χ2v) is 1.62. The zero-order valence-corrected chi connectivity index (χ0v) is 4.90. The van der Waals surface area contributed by atoms with E-state index in [9.17, 15) is 0 Å². The lowest BCUT2D eigenvalue weighted by Gasteiger charge is -2.03. The number of hydrogen-bond acceptors (Lipinski definition) is 2. The van der Waals surface area contributed by atoms with Crippen molar-refractivity contribution in [1.82, 2.24) is 0 Å². The van der Waals surface area contributed by atoms with Crippen molar-refractivity contribution in [2.24, 2.45) is 0 Å². The van der Waals surface area contributed by atoms with E-state index in [1.54, 1.807) is 18.2 Å². The lowest BCUT2D eigenvalue weighted by Crippen LogP contribution is -2.03. The lowest BCUT2D eigenvalue weighted by atomic mass is 10.4. The van der Waals surface area contributed by atoms with Gasteiger partial charge in [0.25, 0.3) is 0 Å². The first-order valence-corrected chi connectivity index (χ1v) is 2.73. The smallest absolute Gasteiger partial charge is 0.216 e. The van der Waals surface area contributed by atoms with Crippen molar-refractivity contribution < 1.29 is 9.84 Å². The molecule has 0 radical (unpaired) electrons. The largest absolute Gasteiger partial charge is 0.469 e. The van der Waals surface area contributed by atoms with E-state index in [-0.39, 0.29) is 0 Å². The van der Waals surface area contributed by atoms with Gasteiger partial charge in [-0.05, 0) is 12.2 Å². The van der Waals surface area contributed by atoms with Crippen molar-refractivity contribution in [2.45, 2.75) is 6.29 Å². The van der Waals surface area contributed by atoms with Crippen LogP contribution in [0.3, 0.4) is 0 Å². The van der Waals surface area contributed by atoms with Crippen LogP contribution in [0.25, 0.3) is 0 Å². The van der Waals surface area contributed by atoms with Crippen LogP contribution in [0, 0.1) is 0 Å². The third kappa shape index (κ3) is 2.15. The molecular weight excluding hydrogens is 116 g/mol. The normalized spacial score (nSPS) is 24.8. The number of rotatable bonds is 0. The van der Waals surface area contributed by atoms with E-state index >= 15 is 0 Å². The van der Waals surface area contributed by atoms with E-state index in [4.69, 9.17) is 9.84 Å². The monoisotopic (exact) mass is 124 g/mol. The van der Waals surface area contributed by atoms with Gasteiger partial charge in [-0.15, -0.1) is 0 Å². The minimum Gasteiger partial charge on any atom is -0.469 e. The first-order chi connectivity index (χ1) is 4.39. The van der Waals surface area contributed by atoms with E-state index in [0.29, 0.717) is 0 Å². The van der Waals surface area contributed by atoms with Gasteiger partial charge in [0.05, 0.1) is 6.26 Å². The Labute approximate surface area is 53.8 Å². The Morgan fingerprint density at radius 2 is 1.89 bits per heavy atom. The summed E-state index contributed by atoms with van der Waals surface area (Å²) < 4.78 is 4.72. The highest BCUT2D eigenvalue weighted by Crippen LogP contribution is 1.94. The van der Waals surface area contributed by atoms with Crippen LogP contribution >= 0.6 is 0 Å². The predicted molar refractivity (Wildman–Crippen MR) is 34.5 cm³/mol. The van der Waals surface area contributed by atoms with Crippen LogP contribution in [0.15, 0.2) is 36.6 Å². The van der Waals surface area contributed by atoms with Gasteiger partial charge in [-0.3, -0.25) is 0 Å². The summed E-state index contributed by atoms with van der Waals surface area (Å²) in [6.07, 6.45) is 9.29. The van der Waals surface area contributed by atoms with Gasteiger partial charge in [0.15, 0.2) is 0 Å². The second kappa shape index (κ2) is 3.10. The number of allylic oxidation sites excluding steroid dienone is 4. The number of aliphatic hydroxyl groups is 1. The van der Waals surface area contributed by atoms with Gasteiger partial charge in [-0.1, -0.05) is 18.2 Å². The molecule has 0 saturated carbocycles. The second-order valence-electron chi connectivity index (χ2n) is 1.62. The molecule has 1 aliphatic heterocycles. The van der Waals surface area contributed by atoms with Gasteiger partial charge in [0, 0.05) is 0 Å². The molecular formula is C7H8O2. The fraction of sp³-hybridized carbons (Fsp3) is 0.143. The minimum absolute atomic E-state index is 0.800. The van der Waals surface area contributed by atoms with E-state index < -0.39 is 6.29 Å². The fourth-order valence-corrected chi connectivity index (χ4v) is 0.504. The Kier molecular flexibility index (Phi) is 2.10. The first kappa shape index (κ1) is 6.11. The number of ether oxygens (including phenoxy) is 1. The number of aliphatic hydroxyl groups excluding tert-OH is 1. The highest BCUT2D eigenvalue weighted by atomic mass is 16.6. The summed E-state index contributed by atoms with van der Waals surface area (Å²) in [6, 6.07) is 0. The molecule has 1 heterocycles. The average Bonchev–Trinajstić information content (AvgIpc) is 1.79. The Morgan fingerprint density at radius 1 is 1.11 bits per heavy atom. The average molecular weight is 124 g/mol. The highest BCUT2D eigenvalue weighted by Gasteiger charge is 1.92. The van der Waals surface area contributed by atoms with E-state index in [0.717, 1.165) is 0 Å². The number of hydrogen-bond donors (Lipinski definition) is 1. The molecule has 0 saturated heterocycles. The standard InChI is InChI=1S/C7H8O2/c8-7-5-3-1-2-4-6-9-7/h1-8H. The van der Waals surface area contributed by atoms with Gasteiger partial charge in [0.2, 0.25) is 6.29 Å². The molecule has 0 bridgehead atoms. The SMILES string of the molecule is OC1C=CC=CC=CO1. The quantitative estimate of drug-likeness (QED) is 0.521. The molecule has 0 aromatic heterocycles. The fourth-order valence-electron chi connectivity index (χ4n) is 0.504. The maximum Gasteiger partial charge on any atom is 0.216 e. The van der Waals surface area contributed by atoms with Gasteiger partial charge in [-0.25, -0.2) is 0 Å². The third-order valence-corrected chi connectivity index (χ3v) is 0.906. The molecule has 0 spiro atoms. The lowest BCUT2D eigenvalue weighted by molar-refractivity contribution is -0.0111. The molecule has 0 aromatic carbocycles. The van der Waals surface area contributed by atoms with Crippen LogP contribution < -0.4 is 0 Å². The molecule has 0 aromatic rings. The van der Waals surface area contributed by atoms with Gasteiger partial charge >= 0.3 is 0 Å². The summed E-state index contributed by atoms with van der Waals surface area (Å²) in [5, 5.41) is 8.82. The van der Waals surface area contributed by atoms with Crippen molar-refractivity contribution in [3.05, 3.63) is 36.6 Å². The van der Waals surface area contributed by atoms with Gasteiger partial charge < -0.3 is 9.84 Å². The van der Waals surface area contributed by atoms with Gasteiger partial charge in [-0.2, -0.15) is 0 Å². The molecule has 2 nitrogen and oxygen atoms in total. The van der Waals surface area contributed by atoms with Crippen LogP contribution in [0.2, 0.25) is 0 Å². The zero-order chi connectivity index (χ0) is 6.53. The molecule has 48 valence electrons. The van der Waals surface area contributed by atoms with Crippen molar-refractivity contribution in [3.8, 4) is 0 Å². The molecule has 1 aliphatic rings. The van der Waals surface area contributed by atoms with Crippen molar-refractivity contribution in [2.75, 3.05) is 0 Å². The summed E-state index contributed by atoms with van der Waals surface area (Å²) in [5.74, 6) is 0. The summed E-state index contributed by atoms with van der Waals surface area (Å²) in [4.78, 5) is 0. The maximum absolute atomic E-state index is 8.82. The molecule has 0 aliphatic carbocycles. The predicted octanol–water partition coefficient (Wildman–Crippen LogP) is 0.961. The van der Waals surface area contributed by atoms with Crippen molar-refractivity contribution in [1.29, 1.82) is 0 Å². The van der Waals surface area contributed by atoms with Crippen molar-refractivity contribution >= 4 is 0 Å². The third-order valence-electron chi connectivity index (χ3n) is 0.906. The van der Waals surface area contributed by atoms with Gasteiger partial charge in [0.1, 0.15) is 0 Å². The molecule has 2 heteroatoms. The van der Waals surface area contributed by atoms with E-state index in [2.05, 4.69) is 0 Å². The van der Waals surface area contributed by atoms with Crippen LogP contribution in [0.5, 0.6) is 0 Å². The Bertz CT molecular complexity index is 156. The molecule has 1 atom stereocenters. The molecule has 0 amide bonds. The summed E-state index contributed by atoms with van der Waals surface area (Å²) >= 11 is 0. The molecule has 1 rings (SSSR count). The first-order valence-electron chi connectivity index (χ1n) is 2.73. The van der Waals surface area contributed by atoms with E-state index in [1.807, 2.05) is 12.2 Å². The van der Waals surface area contributed by atoms with Crippen LogP contribution in [0.1, 0.15) is 0 Å². The summed E-state index contributed by atoms with van der Waals surface area (Å²) in [7, 11) is 0. The maximum atomic E-state index is 8.82. The topological polar surface area (TPSA) is 29.5 Å². The summed E-state index contributed by atoms with van der Waals surface area (Å²) in [6.45, 7) is 0. The molecule has 0 fully saturated rings. The van der Waals surface area contributed by atoms with Crippen LogP contribution in [0.4, 0.5) is 0 Å². The zero-order valence-electron chi connectivity index (χ0n) is 4.90. The van der Waals surface area contributed by atoms with Crippen LogP contribution in [-0.2, 0) is 4.74 Å². The Hall–Kier alpha value is -1.02. The molecule has 1 N–H and O–H groups in total. The molecule has 9 heavy (non-hydrogen) atoms. The van der Waals surface area contributed by atoms with Crippen molar-refractivity contribution in [3.63, 3.8) is 0 Å². The summed E-state index contributed by atoms with van der Waals surface area (Å²) in [5.41, 5.74) is 0. The Morgan fingerprint density at radius 3 is 2.78 bits per heavy atom. The highest BCUT2D eigenvalue weighted by molar-refractivity contribution is 5.12.